The third-order valence-electron chi connectivity index (χ3n) is 5.12. The minimum Gasteiger partial charge on any atom is -0.375 e. The van der Waals surface area contributed by atoms with Crippen molar-refractivity contribution in [2.75, 3.05) is 19.8 Å². The minimum absolute atomic E-state index is 0.347. The normalized spacial score (nSPS) is 26.7. The molecule has 0 bridgehead atoms. The average Bonchev–Trinajstić information content (AvgIpc) is 3.25. The lowest BCUT2D eigenvalue weighted by Crippen LogP contribution is -2.47. The van der Waals surface area contributed by atoms with Crippen molar-refractivity contribution in [3.05, 3.63) is 46.2 Å². The Morgan fingerprint density at radius 3 is 3.16 bits per heavy atom. The van der Waals surface area contributed by atoms with Crippen LogP contribution in [0, 0.1) is 12.8 Å². The minimum atomic E-state index is 0.347. The van der Waals surface area contributed by atoms with Crippen LogP contribution in [0.2, 0.25) is 0 Å². The first-order valence-corrected chi connectivity index (χ1v) is 9.90. The van der Waals surface area contributed by atoms with Crippen LogP contribution in [0.3, 0.4) is 0 Å². The lowest BCUT2D eigenvalue weighted by molar-refractivity contribution is -0.0591. The Labute approximate surface area is 153 Å². The molecule has 2 fully saturated rings. The molecule has 134 valence electrons. The molecule has 0 amide bonds. The molecule has 3 heterocycles. The van der Waals surface area contributed by atoms with Crippen molar-refractivity contribution in [1.82, 2.24) is 14.9 Å². The van der Waals surface area contributed by atoms with Gasteiger partial charge < -0.3 is 9.47 Å². The number of hydrogen-bond acceptors (Lipinski definition) is 6. The summed E-state index contributed by atoms with van der Waals surface area (Å²) in [7, 11) is 0. The molecule has 4 rings (SSSR count). The molecule has 0 unspecified atom stereocenters. The van der Waals surface area contributed by atoms with Crippen molar-refractivity contribution >= 4 is 11.3 Å². The van der Waals surface area contributed by atoms with Crippen molar-refractivity contribution in [3.63, 3.8) is 0 Å². The second kappa shape index (κ2) is 7.91. The van der Waals surface area contributed by atoms with Crippen LogP contribution in [0.1, 0.15) is 29.2 Å². The third-order valence-corrected chi connectivity index (χ3v) is 5.88. The number of rotatable bonds is 6. The molecule has 2 aliphatic rings. The smallest absolute Gasteiger partial charge is 0.107 e. The van der Waals surface area contributed by atoms with Gasteiger partial charge in [-0.05, 0) is 37.8 Å². The van der Waals surface area contributed by atoms with Crippen molar-refractivity contribution in [1.29, 1.82) is 0 Å². The van der Waals surface area contributed by atoms with E-state index in [2.05, 4.69) is 20.2 Å². The molecule has 1 saturated heterocycles. The van der Waals surface area contributed by atoms with E-state index in [0.29, 0.717) is 24.7 Å². The average molecular weight is 359 g/mol. The molecule has 25 heavy (non-hydrogen) atoms. The zero-order chi connectivity index (χ0) is 17.1. The van der Waals surface area contributed by atoms with E-state index < -0.39 is 0 Å². The Hall–Kier alpha value is -1.34. The van der Waals surface area contributed by atoms with Crippen LogP contribution in [0.5, 0.6) is 0 Å². The molecule has 1 aliphatic heterocycles. The van der Waals surface area contributed by atoms with E-state index in [-0.39, 0.29) is 0 Å². The second-order valence-corrected chi connectivity index (χ2v) is 7.97. The summed E-state index contributed by atoms with van der Waals surface area (Å²) in [6, 6.07) is 6.58. The predicted molar refractivity (Wildman–Crippen MR) is 97.4 cm³/mol. The van der Waals surface area contributed by atoms with E-state index in [9.17, 15) is 0 Å². The maximum Gasteiger partial charge on any atom is 0.107 e. The van der Waals surface area contributed by atoms with Crippen LogP contribution >= 0.6 is 11.3 Å². The van der Waals surface area contributed by atoms with Crippen LogP contribution in [-0.4, -0.2) is 46.8 Å². The van der Waals surface area contributed by atoms with E-state index in [1.807, 2.05) is 31.3 Å². The summed E-state index contributed by atoms with van der Waals surface area (Å²) in [5.41, 5.74) is 2.05. The van der Waals surface area contributed by atoms with Gasteiger partial charge in [0.05, 0.1) is 38.2 Å². The first kappa shape index (κ1) is 17.1. The van der Waals surface area contributed by atoms with Gasteiger partial charge in [-0.15, -0.1) is 11.3 Å². The lowest BCUT2D eigenvalue weighted by Gasteiger charge is -2.37. The van der Waals surface area contributed by atoms with Crippen molar-refractivity contribution in [2.45, 2.75) is 45.1 Å². The summed E-state index contributed by atoms with van der Waals surface area (Å²) in [6.45, 7) is 6.17. The molecule has 0 radical (unpaired) electrons. The van der Waals surface area contributed by atoms with Gasteiger partial charge in [-0.3, -0.25) is 9.88 Å². The highest BCUT2D eigenvalue weighted by molar-refractivity contribution is 7.09. The summed E-state index contributed by atoms with van der Waals surface area (Å²) in [5.74, 6) is 0.566. The maximum atomic E-state index is 6.04. The number of fused-ring (bicyclic) bond motifs is 1. The molecular weight excluding hydrogens is 334 g/mol. The van der Waals surface area contributed by atoms with Crippen LogP contribution in [0.15, 0.2) is 29.8 Å². The highest BCUT2D eigenvalue weighted by atomic mass is 32.1. The highest BCUT2D eigenvalue weighted by Crippen LogP contribution is 2.35. The Balaban J connectivity index is 1.29. The zero-order valence-electron chi connectivity index (χ0n) is 14.6. The van der Waals surface area contributed by atoms with E-state index in [4.69, 9.17) is 9.47 Å². The lowest BCUT2D eigenvalue weighted by atomic mass is 10.1. The standard InChI is InChI=1S/C19H25N3O2S/c1-14-3-2-4-16(21-14)13-23-12-15-9-17-18(10-15)24-7-6-22(17)11-19-20-5-8-25-19/h2-5,8,15,17-18H,6-7,9-13H2,1H3/t15-,17-,18+/m0/s1. The van der Waals surface area contributed by atoms with Crippen LogP contribution in [0.25, 0.3) is 0 Å². The number of hydrogen-bond donors (Lipinski definition) is 0. The van der Waals surface area contributed by atoms with Crippen LogP contribution in [-0.2, 0) is 22.6 Å². The number of aromatic nitrogens is 2. The molecule has 0 aromatic carbocycles. The fourth-order valence-corrected chi connectivity index (χ4v) is 4.61. The number of aryl methyl sites for hydroxylation is 1. The quantitative estimate of drug-likeness (QED) is 0.793. The van der Waals surface area contributed by atoms with Gasteiger partial charge in [0.1, 0.15) is 5.01 Å². The zero-order valence-corrected chi connectivity index (χ0v) is 15.5. The third kappa shape index (κ3) is 4.26. The van der Waals surface area contributed by atoms with E-state index in [0.717, 1.165) is 50.5 Å². The molecule has 3 atom stereocenters. The number of pyridine rings is 1. The molecule has 6 heteroatoms. The van der Waals surface area contributed by atoms with Gasteiger partial charge in [0.15, 0.2) is 0 Å². The number of ether oxygens (including phenoxy) is 2. The number of nitrogens with zero attached hydrogens (tertiary/aromatic N) is 3. The van der Waals surface area contributed by atoms with E-state index in [1.165, 1.54) is 5.01 Å². The highest BCUT2D eigenvalue weighted by Gasteiger charge is 2.41. The molecule has 5 nitrogen and oxygen atoms in total. The fourth-order valence-electron chi connectivity index (χ4n) is 3.97. The summed E-state index contributed by atoms with van der Waals surface area (Å²) in [4.78, 5) is 11.5. The number of thiazole rings is 1. The predicted octanol–water partition coefficient (Wildman–Crippen LogP) is 3.04. The van der Waals surface area contributed by atoms with Gasteiger partial charge >= 0.3 is 0 Å². The molecule has 1 saturated carbocycles. The van der Waals surface area contributed by atoms with Crippen LogP contribution < -0.4 is 0 Å². The molecular formula is C19H25N3O2S. The first-order chi connectivity index (χ1) is 12.3. The van der Waals surface area contributed by atoms with E-state index >= 15 is 0 Å². The molecule has 0 N–H and O–H groups in total. The van der Waals surface area contributed by atoms with Gasteiger partial charge in [-0.25, -0.2) is 4.98 Å². The molecule has 1 aliphatic carbocycles. The Bertz CT molecular complexity index is 679. The molecule has 2 aromatic heterocycles. The summed E-state index contributed by atoms with van der Waals surface area (Å²) >= 11 is 1.74. The summed E-state index contributed by atoms with van der Waals surface area (Å²) < 4.78 is 12.0. The molecule has 2 aromatic rings. The number of morpholine rings is 1. The van der Waals surface area contributed by atoms with Crippen molar-refractivity contribution in [3.8, 4) is 0 Å². The van der Waals surface area contributed by atoms with Gasteiger partial charge in [0.2, 0.25) is 0 Å². The summed E-state index contributed by atoms with van der Waals surface area (Å²) in [6.07, 6.45) is 4.49. The first-order valence-electron chi connectivity index (χ1n) is 9.02. The Morgan fingerprint density at radius 2 is 2.32 bits per heavy atom. The van der Waals surface area contributed by atoms with Gasteiger partial charge in [0, 0.05) is 29.9 Å². The second-order valence-electron chi connectivity index (χ2n) is 7.00. The molecule has 0 spiro atoms. The fraction of sp³-hybridized carbons (Fsp3) is 0.579. The van der Waals surface area contributed by atoms with Crippen molar-refractivity contribution < 1.29 is 9.47 Å². The Kier molecular flexibility index (Phi) is 5.41. The van der Waals surface area contributed by atoms with E-state index in [1.54, 1.807) is 11.3 Å². The summed E-state index contributed by atoms with van der Waals surface area (Å²) in [5, 5.41) is 3.25. The van der Waals surface area contributed by atoms with Crippen LogP contribution in [0.4, 0.5) is 0 Å². The van der Waals surface area contributed by atoms with Crippen molar-refractivity contribution in [2.24, 2.45) is 5.92 Å². The Morgan fingerprint density at radius 1 is 1.36 bits per heavy atom. The largest absolute Gasteiger partial charge is 0.375 e. The maximum absolute atomic E-state index is 6.04. The topological polar surface area (TPSA) is 47.5 Å². The SMILES string of the molecule is Cc1cccc(COC[C@@H]2C[C@H]3OCCN(Cc4nccs4)[C@H]3C2)n1. The van der Waals surface area contributed by atoms with Gasteiger partial charge in [-0.2, -0.15) is 0 Å². The van der Waals surface area contributed by atoms with Gasteiger partial charge in [0.25, 0.3) is 0 Å². The van der Waals surface area contributed by atoms with Gasteiger partial charge in [-0.1, -0.05) is 6.07 Å². The monoisotopic (exact) mass is 359 g/mol.